The van der Waals surface area contributed by atoms with E-state index in [1.807, 2.05) is 0 Å². The molecule has 4 rings (SSSR count). The molecule has 2 aliphatic rings. The Morgan fingerprint density at radius 2 is 1.25 bits per heavy atom. The van der Waals surface area contributed by atoms with Crippen LogP contribution in [0.2, 0.25) is 0 Å². The summed E-state index contributed by atoms with van der Waals surface area (Å²) in [5.41, 5.74) is 5.86. The van der Waals surface area contributed by atoms with E-state index in [-0.39, 0.29) is 0 Å². The Balaban J connectivity index is 0.000000182. The highest BCUT2D eigenvalue weighted by molar-refractivity contribution is 5.27. The normalized spacial score (nSPS) is 18.6. The van der Waals surface area contributed by atoms with Crippen LogP contribution < -0.4 is 5.32 Å². The largest absolute Gasteiger partial charge is 0.317 e. The second kappa shape index (κ2) is 12.5. The van der Waals surface area contributed by atoms with E-state index in [0.717, 1.165) is 12.5 Å². The smallest absolute Gasteiger partial charge is 0.0234 e. The zero-order valence-electron chi connectivity index (χ0n) is 21.1. The Kier molecular flexibility index (Phi) is 9.77. The summed E-state index contributed by atoms with van der Waals surface area (Å²) in [5, 5.41) is 3.41. The van der Waals surface area contributed by atoms with E-state index in [1.165, 1.54) is 74.4 Å². The molecule has 0 saturated carbocycles. The average Bonchev–Trinajstić information content (AvgIpc) is 2.82. The van der Waals surface area contributed by atoms with Gasteiger partial charge in [-0.2, -0.15) is 0 Å². The van der Waals surface area contributed by atoms with Gasteiger partial charge in [0.15, 0.2) is 0 Å². The average molecular weight is 436 g/mol. The molecule has 0 radical (unpaired) electrons. The van der Waals surface area contributed by atoms with E-state index in [0.29, 0.717) is 11.8 Å². The summed E-state index contributed by atoms with van der Waals surface area (Å²) in [6.07, 6.45) is 2.59. The van der Waals surface area contributed by atoms with Crippen LogP contribution in [0.1, 0.15) is 80.5 Å². The topological polar surface area (TPSA) is 18.5 Å². The molecule has 0 aromatic heterocycles. The SMILES string of the molecule is CC(C)c1ccc(C2CCNCC2)cc1.CC(C)c1ccc(CN2CCN(C)CC2)cc1. The molecule has 2 saturated heterocycles. The fraction of sp³-hybridized carbons (Fsp3) is 0.586. The predicted octanol–water partition coefficient (Wildman–Crippen LogP) is 5.83. The number of rotatable bonds is 5. The molecule has 0 aliphatic carbocycles. The highest BCUT2D eigenvalue weighted by atomic mass is 15.2. The molecule has 2 fully saturated rings. The van der Waals surface area contributed by atoms with Crippen LogP contribution in [0.25, 0.3) is 0 Å². The predicted molar refractivity (Wildman–Crippen MR) is 139 cm³/mol. The first-order valence-corrected chi connectivity index (χ1v) is 12.7. The van der Waals surface area contributed by atoms with Crippen molar-refractivity contribution in [2.45, 2.75) is 64.8 Å². The summed E-state index contributed by atoms with van der Waals surface area (Å²) in [7, 11) is 2.20. The van der Waals surface area contributed by atoms with E-state index in [9.17, 15) is 0 Å². The Morgan fingerprint density at radius 1 is 0.750 bits per heavy atom. The minimum Gasteiger partial charge on any atom is -0.317 e. The van der Waals surface area contributed by atoms with Crippen molar-refractivity contribution >= 4 is 0 Å². The molecule has 0 amide bonds. The minimum atomic E-state index is 0.632. The van der Waals surface area contributed by atoms with Crippen LogP contribution in [0.3, 0.4) is 0 Å². The third-order valence-electron chi connectivity index (χ3n) is 7.06. The maximum atomic E-state index is 3.41. The van der Waals surface area contributed by atoms with Crippen LogP contribution in [-0.4, -0.2) is 56.1 Å². The number of piperidine rings is 1. The van der Waals surface area contributed by atoms with Crippen molar-refractivity contribution in [2.24, 2.45) is 0 Å². The lowest BCUT2D eigenvalue weighted by atomic mass is 9.89. The molecular formula is C29H45N3. The van der Waals surface area contributed by atoms with Crippen molar-refractivity contribution < 1.29 is 0 Å². The Hall–Kier alpha value is -1.68. The summed E-state index contributed by atoms with van der Waals surface area (Å²) in [5.74, 6) is 2.06. The molecule has 0 atom stereocenters. The molecule has 2 heterocycles. The first kappa shape index (κ1) is 25.0. The Morgan fingerprint density at radius 3 is 1.75 bits per heavy atom. The number of nitrogens with one attached hydrogen (secondary N) is 1. The summed E-state index contributed by atoms with van der Waals surface area (Å²) in [4.78, 5) is 4.95. The molecule has 2 aromatic rings. The van der Waals surface area contributed by atoms with Crippen LogP contribution >= 0.6 is 0 Å². The second-order valence-corrected chi connectivity index (χ2v) is 10.3. The summed E-state index contributed by atoms with van der Waals surface area (Å²) in [6.45, 7) is 17.2. The van der Waals surface area contributed by atoms with Crippen molar-refractivity contribution in [3.05, 3.63) is 70.8 Å². The molecule has 176 valence electrons. The molecule has 0 unspecified atom stereocenters. The van der Waals surface area contributed by atoms with Gasteiger partial charge in [-0.05, 0) is 73.0 Å². The van der Waals surface area contributed by atoms with Crippen molar-refractivity contribution in [3.8, 4) is 0 Å². The van der Waals surface area contributed by atoms with Gasteiger partial charge in [0.2, 0.25) is 0 Å². The Bertz CT molecular complexity index is 765. The fourth-order valence-electron chi connectivity index (χ4n) is 4.58. The molecule has 0 spiro atoms. The second-order valence-electron chi connectivity index (χ2n) is 10.3. The third kappa shape index (κ3) is 7.72. The lowest BCUT2D eigenvalue weighted by Gasteiger charge is -2.32. The summed E-state index contributed by atoms with van der Waals surface area (Å²) >= 11 is 0. The monoisotopic (exact) mass is 435 g/mol. The number of nitrogens with zero attached hydrogens (tertiary/aromatic N) is 2. The van der Waals surface area contributed by atoms with Crippen LogP contribution in [0.4, 0.5) is 0 Å². The zero-order valence-corrected chi connectivity index (χ0v) is 21.1. The summed E-state index contributed by atoms with van der Waals surface area (Å²) < 4.78 is 0. The van der Waals surface area contributed by atoms with E-state index in [1.54, 1.807) is 0 Å². The lowest BCUT2D eigenvalue weighted by Crippen LogP contribution is -2.43. The number of hydrogen-bond acceptors (Lipinski definition) is 3. The number of hydrogen-bond donors (Lipinski definition) is 1. The molecule has 1 N–H and O–H groups in total. The summed E-state index contributed by atoms with van der Waals surface area (Å²) in [6, 6.07) is 18.4. The first-order valence-electron chi connectivity index (χ1n) is 12.7. The van der Waals surface area contributed by atoms with Crippen LogP contribution in [0.5, 0.6) is 0 Å². The standard InChI is InChI=1S/C15H24N2.C14H21N/c1-13(2)15-6-4-14(5-7-15)12-17-10-8-16(3)9-11-17;1-11(2)12-3-5-13(6-4-12)14-7-9-15-10-8-14/h4-7,13H,8-12H2,1-3H3;3-6,11,14-15H,7-10H2,1-2H3. The maximum Gasteiger partial charge on any atom is 0.0234 e. The van der Waals surface area contributed by atoms with Gasteiger partial charge in [0, 0.05) is 32.7 Å². The molecule has 0 bridgehead atoms. The molecule has 2 aliphatic heterocycles. The van der Waals surface area contributed by atoms with Gasteiger partial charge in [-0.15, -0.1) is 0 Å². The van der Waals surface area contributed by atoms with Gasteiger partial charge in [0.25, 0.3) is 0 Å². The van der Waals surface area contributed by atoms with Gasteiger partial charge in [-0.3, -0.25) is 4.90 Å². The fourth-order valence-corrected chi connectivity index (χ4v) is 4.58. The number of piperazine rings is 1. The van der Waals surface area contributed by atoms with Crippen molar-refractivity contribution in [1.29, 1.82) is 0 Å². The Labute approximate surface area is 197 Å². The highest BCUT2D eigenvalue weighted by Gasteiger charge is 2.15. The van der Waals surface area contributed by atoms with Crippen LogP contribution in [-0.2, 0) is 6.54 Å². The molecule has 3 heteroatoms. The van der Waals surface area contributed by atoms with E-state index in [2.05, 4.69) is 98.4 Å². The van der Waals surface area contributed by atoms with Gasteiger partial charge in [0.05, 0.1) is 0 Å². The van der Waals surface area contributed by atoms with Crippen LogP contribution in [0, 0.1) is 0 Å². The first-order chi connectivity index (χ1) is 15.4. The van der Waals surface area contributed by atoms with Gasteiger partial charge in [-0.1, -0.05) is 76.2 Å². The molecule has 2 aromatic carbocycles. The van der Waals surface area contributed by atoms with Crippen molar-refractivity contribution in [3.63, 3.8) is 0 Å². The number of likely N-dealkylation sites (N-methyl/N-ethyl adjacent to an activating group) is 1. The van der Waals surface area contributed by atoms with E-state index < -0.39 is 0 Å². The molecular weight excluding hydrogens is 390 g/mol. The highest BCUT2D eigenvalue weighted by Crippen LogP contribution is 2.26. The van der Waals surface area contributed by atoms with Crippen molar-refractivity contribution in [2.75, 3.05) is 46.3 Å². The number of benzene rings is 2. The van der Waals surface area contributed by atoms with Crippen LogP contribution in [0.15, 0.2) is 48.5 Å². The van der Waals surface area contributed by atoms with Gasteiger partial charge in [-0.25, -0.2) is 0 Å². The minimum absolute atomic E-state index is 0.632. The van der Waals surface area contributed by atoms with Crippen molar-refractivity contribution in [1.82, 2.24) is 15.1 Å². The quantitative estimate of drug-likeness (QED) is 0.637. The van der Waals surface area contributed by atoms with E-state index in [4.69, 9.17) is 0 Å². The van der Waals surface area contributed by atoms with Gasteiger partial charge in [0.1, 0.15) is 0 Å². The van der Waals surface area contributed by atoms with Gasteiger partial charge < -0.3 is 10.2 Å². The van der Waals surface area contributed by atoms with Gasteiger partial charge >= 0.3 is 0 Å². The third-order valence-corrected chi connectivity index (χ3v) is 7.06. The molecule has 3 nitrogen and oxygen atoms in total. The van der Waals surface area contributed by atoms with E-state index >= 15 is 0 Å². The maximum absolute atomic E-state index is 3.41. The zero-order chi connectivity index (χ0) is 22.9. The molecule has 32 heavy (non-hydrogen) atoms. The lowest BCUT2D eigenvalue weighted by molar-refractivity contribution is 0.148.